The Balaban J connectivity index is 5.33. The fourth-order valence-electron chi connectivity index (χ4n) is 3.07. The maximum absolute atomic E-state index is 11.9. The van der Waals surface area contributed by atoms with E-state index in [1.165, 1.54) is 18.6 Å². The molecule has 0 radical (unpaired) electrons. The third-order valence-corrected chi connectivity index (χ3v) is 4.83. The number of rotatable bonds is 15. The van der Waals surface area contributed by atoms with Crippen LogP contribution in [0.3, 0.4) is 0 Å². The highest BCUT2D eigenvalue weighted by Crippen LogP contribution is 2.38. The minimum Gasteiger partial charge on any atom is -0.462 e. The molecular formula is C21H36O4. The number of hydrogen-bond acceptors (Lipinski definition) is 4. The molecule has 4 heteroatoms. The molecule has 0 saturated carbocycles. The van der Waals surface area contributed by atoms with Gasteiger partial charge >= 0.3 is 11.9 Å². The molecule has 0 fully saturated rings. The van der Waals surface area contributed by atoms with Crippen molar-refractivity contribution in [1.82, 2.24) is 0 Å². The largest absolute Gasteiger partial charge is 0.462 e. The summed E-state index contributed by atoms with van der Waals surface area (Å²) in [6.45, 7) is 13.6. The number of carbonyl (C=O) groups is 2. The molecule has 0 rings (SSSR count). The van der Waals surface area contributed by atoms with Crippen molar-refractivity contribution in [2.45, 2.75) is 84.7 Å². The average molecular weight is 353 g/mol. The molecule has 0 aromatic heterocycles. The van der Waals surface area contributed by atoms with E-state index in [2.05, 4.69) is 33.9 Å². The standard InChI is InChI=1S/C21H36O4/c1-6-11-13-14-15-18(25-20(23)9-4)21(10-5,16-12-7-2)17-24-19(22)8-3/h8-9,18H,3-4,6-7,10-17H2,1-2,5H3. The fraction of sp³-hybridized carbons (Fsp3) is 0.714. The van der Waals surface area contributed by atoms with Crippen molar-refractivity contribution in [3.63, 3.8) is 0 Å². The Morgan fingerprint density at radius 3 is 2.12 bits per heavy atom. The van der Waals surface area contributed by atoms with E-state index in [9.17, 15) is 9.59 Å². The molecular weight excluding hydrogens is 316 g/mol. The maximum atomic E-state index is 11.9. The lowest BCUT2D eigenvalue weighted by Gasteiger charge is -2.39. The van der Waals surface area contributed by atoms with Crippen molar-refractivity contribution in [2.75, 3.05) is 6.61 Å². The molecule has 25 heavy (non-hydrogen) atoms. The molecule has 0 bridgehead atoms. The minimum atomic E-state index is -0.436. The number of unbranched alkanes of at least 4 members (excludes halogenated alkanes) is 4. The first kappa shape index (κ1) is 23.4. The normalized spacial score (nSPS) is 14.2. The lowest BCUT2D eigenvalue weighted by atomic mass is 9.74. The van der Waals surface area contributed by atoms with E-state index in [-0.39, 0.29) is 18.1 Å². The van der Waals surface area contributed by atoms with Gasteiger partial charge in [-0.15, -0.1) is 0 Å². The van der Waals surface area contributed by atoms with E-state index in [1.807, 2.05) is 0 Å². The van der Waals surface area contributed by atoms with E-state index in [4.69, 9.17) is 9.47 Å². The van der Waals surface area contributed by atoms with Crippen molar-refractivity contribution in [3.8, 4) is 0 Å². The smallest absolute Gasteiger partial charge is 0.330 e. The third-order valence-electron chi connectivity index (χ3n) is 4.83. The lowest BCUT2D eigenvalue weighted by molar-refractivity contribution is -0.160. The molecule has 0 saturated heterocycles. The molecule has 0 spiro atoms. The Kier molecular flexibility index (Phi) is 12.8. The van der Waals surface area contributed by atoms with E-state index < -0.39 is 11.9 Å². The Labute approximate surface area is 153 Å². The van der Waals surface area contributed by atoms with E-state index in [0.29, 0.717) is 0 Å². The summed E-state index contributed by atoms with van der Waals surface area (Å²) in [5.41, 5.74) is -0.362. The fourth-order valence-corrected chi connectivity index (χ4v) is 3.07. The van der Waals surface area contributed by atoms with Gasteiger partial charge in [-0.25, -0.2) is 9.59 Å². The predicted octanol–water partition coefficient (Wildman–Crippen LogP) is 5.37. The molecule has 0 aliphatic rings. The molecule has 0 amide bonds. The summed E-state index contributed by atoms with van der Waals surface area (Å²) < 4.78 is 11.1. The summed E-state index contributed by atoms with van der Waals surface area (Å²) in [5.74, 6) is -0.848. The molecule has 0 heterocycles. The quantitative estimate of drug-likeness (QED) is 0.226. The van der Waals surface area contributed by atoms with Crippen LogP contribution in [-0.4, -0.2) is 24.6 Å². The summed E-state index contributed by atoms with van der Waals surface area (Å²) in [5, 5.41) is 0. The Morgan fingerprint density at radius 2 is 1.60 bits per heavy atom. The zero-order valence-electron chi connectivity index (χ0n) is 16.4. The second-order valence-corrected chi connectivity index (χ2v) is 6.61. The molecule has 0 aliphatic carbocycles. The van der Waals surface area contributed by atoms with Crippen LogP contribution in [0.5, 0.6) is 0 Å². The Morgan fingerprint density at radius 1 is 0.960 bits per heavy atom. The molecule has 4 nitrogen and oxygen atoms in total. The Bertz CT molecular complexity index is 416. The summed E-state index contributed by atoms with van der Waals surface area (Å²) in [4.78, 5) is 23.5. The van der Waals surface area contributed by atoms with Crippen LogP contribution in [0.25, 0.3) is 0 Å². The summed E-state index contributed by atoms with van der Waals surface area (Å²) >= 11 is 0. The first-order valence-electron chi connectivity index (χ1n) is 9.61. The van der Waals surface area contributed by atoms with E-state index in [0.717, 1.165) is 51.4 Å². The van der Waals surface area contributed by atoms with Crippen molar-refractivity contribution in [2.24, 2.45) is 5.41 Å². The van der Waals surface area contributed by atoms with Crippen LogP contribution in [0, 0.1) is 5.41 Å². The predicted molar refractivity (Wildman–Crippen MR) is 102 cm³/mol. The topological polar surface area (TPSA) is 52.6 Å². The van der Waals surface area contributed by atoms with Gasteiger partial charge in [0.2, 0.25) is 0 Å². The number of carbonyl (C=O) groups excluding carboxylic acids is 2. The number of hydrogen-bond donors (Lipinski definition) is 0. The number of esters is 2. The van der Waals surface area contributed by atoms with Gasteiger partial charge in [0.25, 0.3) is 0 Å². The summed E-state index contributed by atoms with van der Waals surface area (Å²) in [7, 11) is 0. The third kappa shape index (κ3) is 8.89. The SMILES string of the molecule is C=CC(=O)OCC(CC)(CCCC)C(CCCCCC)OC(=O)C=C. The van der Waals surface area contributed by atoms with Crippen LogP contribution in [0.15, 0.2) is 25.3 Å². The monoisotopic (exact) mass is 352 g/mol. The van der Waals surface area contributed by atoms with Crippen molar-refractivity contribution in [1.29, 1.82) is 0 Å². The average Bonchev–Trinajstić information content (AvgIpc) is 2.64. The van der Waals surface area contributed by atoms with Crippen molar-refractivity contribution in [3.05, 3.63) is 25.3 Å². The molecule has 2 atom stereocenters. The highest BCUT2D eigenvalue weighted by Gasteiger charge is 2.40. The van der Waals surface area contributed by atoms with Crippen LogP contribution < -0.4 is 0 Å². The molecule has 0 N–H and O–H groups in total. The number of ether oxygens (including phenoxy) is 2. The zero-order chi connectivity index (χ0) is 19.1. The summed E-state index contributed by atoms with van der Waals surface area (Å²) in [6.07, 6.45) is 11.0. The van der Waals surface area contributed by atoms with Crippen LogP contribution in [-0.2, 0) is 19.1 Å². The van der Waals surface area contributed by atoms with Crippen LogP contribution >= 0.6 is 0 Å². The van der Waals surface area contributed by atoms with Gasteiger partial charge in [0, 0.05) is 17.6 Å². The van der Waals surface area contributed by atoms with Crippen LogP contribution in [0.1, 0.15) is 78.6 Å². The molecule has 2 unspecified atom stereocenters. The van der Waals surface area contributed by atoms with Gasteiger partial charge in [-0.3, -0.25) is 0 Å². The lowest BCUT2D eigenvalue weighted by Crippen LogP contribution is -2.42. The van der Waals surface area contributed by atoms with Crippen LogP contribution in [0.2, 0.25) is 0 Å². The van der Waals surface area contributed by atoms with Gasteiger partial charge in [0.05, 0.1) is 0 Å². The van der Waals surface area contributed by atoms with Gasteiger partial charge in [-0.1, -0.05) is 66.0 Å². The van der Waals surface area contributed by atoms with E-state index in [1.54, 1.807) is 0 Å². The molecule has 144 valence electrons. The molecule has 0 aromatic carbocycles. The maximum Gasteiger partial charge on any atom is 0.330 e. The van der Waals surface area contributed by atoms with E-state index >= 15 is 0 Å². The highest BCUT2D eigenvalue weighted by atomic mass is 16.6. The summed E-state index contributed by atoms with van der Waals surface area (Å²) in [6, 6.07) is 0. The Hall–Kier alpha value is -1.58. The molecule has 0 aliphatic heterocycles. The van der Waals surface area contributed by atoms with Gasteiger partial charge in [-0.05, 0) is 25.7 Å². The van der Waals surface area contributed by atoms with Crippen molar-refractivity contribution >= 4 is 11.9 Å². The van der Waals surface area contributed by atoms with Gasteiger partial charge in [0.1, 0.15) is 12.7 Å². The van der Waals surface area contributed by atoms with Crippen molar-refractivity contribution < 1.29 is 19.1 Å². The zero-order valence-corrected chi connectivity index (χ0v) is 16.4. The van der Waals surface area contributed by atoms with Gasteiger partial charge < -0.3 is 9.47 Å². The second kappa shape index (κ2) is 13.7. The first-order chi connectivity index (χ1) is 12.0. The van der Waals surface area contributed by atoms with Crippen LogP contribution in [0.4, 0.5) is 0 Å². The second-order valence-electron chi connectivity index (χ2n) is 6.61. The molecule has 0 aromatic rings. The highest BCUT2D eigenvalue weighted by molar-refractivity contribution is 5.81. The minimum absolute atomic E-state index is 0.247. The van der Waals surface area contributed by atoms with Gasteiger partial charge in [0.15, 0.2) is 0 Å². The first-order valence-corrected chi connectivity index (χ1v) is 9.61. The van der Waals surface area contributed by atoms with Gasteiger partial charge in [-0.2, -0.15) is 0 Å².